The Bertz CT molecular complexity index is 576. The van der Waals surface area contributed by atoms with E-state index in [1.54, 1.807) is 6.07 Å². The van der Waals surface area contributed by atoms with Crippen molar-refractivity contribution < 1.29 is 9.47 Å². The minimum Gasteiger partial charge on any atom is -0.494 e. The summed E-state index contributed by atoms with van der Waals surface area (Å²) in [6.07, 6.45) is 0. The highest BCUT2D eigenvalue weighted by molar-refractivity contribution is 6.29. The Hall–Kier alpha value is -1.85. The predicted molar refractivity (Wildman–Crippen MR) is 83.3 cm³/mol. The summed E-state index contributed by atoms with van der Waals surface area (Å²) in [5.41, 5.74) is 0.899. The number of nitrogens with zero attached hydrogens (tertiary/aromatic N) is 2. The van der Waals surface area contributed by atoms with E-state index in [4.69, 9.17) is 21.1 Å². The molecule has 0 unspecified atom stereocenters. The first-order valence-corrected chi connectivity index (χ1v) is 7.20. The lowest BCUT2D eigenvalue weighted by atomic mass is 10.3. The van der Waals surface area contributed by atoms with Gasteiger partial charge in [-0.25, -0.2) is 9.97 Å². The third-order valence-electron chi connectivity index (χ3n) is 2.61. The molecular weight excluding hydrogens is 290 g/mol. The molecule has 0 fully saturated rings. The van der Waals surface area contributed by atoms with Gasteiger partial charge in [-0.15, -0.1) is 0 Å². The lowest BCUT2D eigenvalue weighted by molar-refractivity contribution is 0.128. The number of rotatable bonds is 7. The average molecular weight is 308 g/mol. The first-order valence-electron chi connectivity index (χ1n) is 6.82. The molecule has 2 rings (SSSR count). The van der Waals surface area contributed by atoms with Gasteiger partial charge in [0.1, 0.15) is 23.3 Å². The van der Waals surface area contributed by atoms with Gasteiger partial charge in [0.25, 0.3) is 0 Å². The van der Waals surface area contributed by atoms with Crippen molar-refractivity contribution in [3.8, 4) is 5.75 Å². The number of halogens is 1. The van der Waals surface area contributed by atoms with Crippen LogP contribution in [0.15, 0.2) is 30.3 Å². The number of ether oxygens (including phenoxy) is 2. The molecule has 0 bridgehead atoms. The van der Waals surface area contributed by atoms with E-state index >= 15 is 0 Å². The van der Waals surface area contributed by atoms with Crippen molar-refractivity contribution in [1.29, 1.82) is 0 Å². The highest BCUT2D eigenvalue weighted by atomic mass is 35.5. The number of hydrogen-bond donors (Lipinski definition) is 1. The molecule has 0 aliphatic rings. The van der Waals surface area contributed by atoms with Crippen molar-refractivity contribution in [2.75, 3.05) is 18.5 Å². The van der Waals surface area contributed by atoms with Gasteiger partial charge in [0.05, 0.1) is 6.61 Å². The number of aromatic nitrogens is 2. The predicted octanol–water partition coefficient (Wildman–Crippen LogP) is 3.81. The quantitative estimate of drug-likeness (QED) is 0.788. The molecule has 6 heteroatoms. The van der Waals surface area contributed by atoms with Gasteiger partial charge < -0.3 is 14.8 Å². The zero-order chi connectivity index (χ0) is 15.1. The van der Waals surface area contributed by atoms with Crippen molar-refractivity contribution >= 4 is 23.1 Å². The Balaban J connectivity index is 2.09. The van der Waals surface area contributed by atoms with Gasteiger partial charge >= 0.3 is 0 Å². The molecule has 0 aliphatic carbocycles. The SMILES string of the molecule is CCOCc1nc(Cl)cc(Nc2ccc(OCC)cc2)n1. The lowest BCUT2D eigenvalue weighted by Crippen LogP contribution is -2.03. The molecule has 0 aliphatic heterocycles. The Kier molecular flexibility index (Phi) is 5.78. The molecule has 0 amide bonds. The molecule has 5 nitrogen and oxygen atoms in total. The van der Waals surface area contributed by atoms with E-state index in [-0.39, 0.29) is 0 Å². The van der Waals surface area contributed by atoms with Crippen LogP contribution in [-0.2, 0) is 11.3 Å². The molecular formula is C15H18ClN3O2. The molecule has 1 N–H and O–H groups in total. The van der Waals surface area contributed by atoms with E-state index in [9.17, 15) is 0 Å². The van der Waals surface area contributed by atoms with Gasteiger partial charge in [-0.2, -0.15) is 0 Å². The van der Waals surface area contributed by atoms with E-state index in [2.05, 4.69) is 15.3 Å². The zero-order valence-corrected chi connectivity index (χ0v) is 12.9. The van der Waals surface area contributed by atoms with Crippen molar-refractivity contribution in [2.24, 2.45) is 0 Å². The molecule has 0 spiro atoms. The van der Waals surface area contributed by atoms with Crippen molar-refractivity contribution in [3.05, 3.63) is 41.3 Å². The molecule has 0 atom stereocenters. The highest BCUT2D eigenvalue weighted by Crippen LogP contribution is 2.20. The fourth-order valence-electron chi connectivity index (χ4n) is 1.74. The van der Waals surface area contributed by atoms with E-state index in [1.807, 2.05) is 38.1 Å². The van der Waals surface area contributed by atoms with Crippen molar-refractivity contribution in [1.82, 2.24) is 9.97 Å². The van der Waals surface area contributed by atoms with Crippen LogP contribution < -0.4 is 10.1 Å². The summed E-state index contributed by atoms with van der Waals surface area (Å²) in [5, 5.41) is 3.57. The summed E-state index contributed by atoms with van der Waals surface area (Å²) < 4.78 is 10.7. The van der Waals surface area contributed by atoms with Crippen molar-refractivity contribution in [3.63, 3.8) is 0 Å². The van der Waals surface area contributed by atoms with Crippen LogP contribution in [0.3, 0.4) is 0 Å². The van der Waals surface area contributed by atoms with Crippen LogP contribution >= 0.6 is 11.6 Å². The standard InChI is InChI=1S/C15H18ClN3O2/c1-3-20-10-15-18-13(16)9-14(19-15)17-11-5-7-12(8-6-11)21-4-2/h5-9H,3-4,10H2,1-2H3,(H,17,18,19). The summed E-state index contributed by atoms with van der Waals surface area (Å²) in [5.74, 6) is 2.02. The second-order valence-corrected chi connectivity index (χ2v) is 4.60. The molecule has 21 heavy (non-hydrogen) atoms. The molecule has 0 radical (unpaired) electrons. The van der Waals surface area contributed by atoms with E-state index < -0.39 is 0 Å². The van der Waals surface area contributed by atoms with Crippen molar-refractivity contribution in [2.45, 2.75) is 20.5 Å². The largest absolute Gasteiger partial charge is 0.494 e. The first-order chi connectivity index (χ1) is 10.2. The molecule has 112 valence electrons. The number of anilines is 2. The Labute approximate surface area is 129 Å². The Morgan fingerprint density at radius 3 is 2.52 bits per heavy atom. The molecule has 0 saturated heterocycles. The normalized spacial score (nSPS) is 10.4. The Morgan fingerprint density at radius 2 is 1.86 bits per heavy atom. The summed E-state index contributed by atoms with van der Waals surface area (Å²) in [6, 6.07) is 9.31. The van der Waals surface area contributed by atoms with Crippen LogP contribution in [0.4, 0.5) is 11.5 Å². The van der Waals surface area contributed by atoms with Gasteiger partial charge in [0.2, 0.25) is 0 Å². The average Bonchev–Trinajstić information content (AvgIpc) is 2.47. The molecule has 1 aromatic heterocycles. The second-order valence-electron chi connectivity index (χ2n) is 4.21. The number of hydrogen-bond acceptors (Lipinski definition) is 5. The van der Waals surface area contributed by atoms with Crippen LogP contribution in [0, 0.1) is 0 Å². The molecule has 1 aromatic carbocycles. The highest BCUT2D eigenvalue weighted by Gasteiger charge is 2.04. The van der Waals surface area contributed by atoms with Crippen LogP contribution in [-0.4, -0.2) is 23.2 Å². The molecule has 2 aromatic rings. The van der Waals surface area contributed by atoms with Gasteiger partial charge in [0, 0.05) is 18.4 Å². The van der Waals surface area contributed by atoms with Crippen LogP contribution in [0.5, 0.6) is 5.75 Å². The molecule has 0 saturated carbocycles. The maximum absolute atomic E-state index is 5.99. The van der Waals surface area contributed by atoms with Crippen LogP contribution in [0.25, 0.3) is 0 Å². The fourth-order valence-corrected chi connectivity index (χ4v) is 1.94. The summed E-state index contributed by atoms with van der Waals surface area (Å²) in [7, 11) is 0. The Morgan fingerprint density at radius 1 is 1.10 bits per heavy atom. The third kappa shape index (κ3) is 4.88. The first kappa shape index (κ1) is 15.5. The van der Waals surface area contributed by atoms with Gasteiger partial charge in [-0.1, -0.05) is 11.6 Å². The van der Waals surface area contributed by atoms with Crippen LogP contribution in [0.2, 0.25) is 5.15 Å². The van der Waals surface area contributed by atoms with E-state index in [0.29, 0.717) is 36.6 Å². The monoisotopic (exact) mass is 307 g/mol. The zero-order valence-electron chi connectivity index (χ0n) is 12.1. The third-order valence-corrected chi connectivity index (χ3v) is 2.81. The van der Waals surface area contributed by atoms with Gasteiger partial charge in [-0.3, -0.25) is 0 Å². The minimum absolute atomic E-state index is 0.342. The summed E-state index contributed by atoms with van der Waals surface area (Å²) >= 11 is 5.99. The lowest BCUT2D eigenvalue weighted by Gasteiger charge is -2.09. The van der Waals surface area contributed by atoms with Crippen LogP contribution in [0.1, 0.15) is 19.7 Å². The fraction of sp³-hybridized carbons (Fsp3) is 0.333. The smallest absolute Gasteiger partial charge is 0.158 e. The number of benzene rings is 1. The summed E-state index contributed by atoms with van der Waals surface area (Å²) in [6.45, 7) is 5.47. The maximum Gasteiger partial charge on any atom is 0.158 e. The van der Waals surface area contributed by atoms with Gasteiger partial charge in [-0.05, 0) is 38.1 Å². The summed E-state index contributed by atoms with van der Waals surface area (Å²) in [4.78, 5) is 8.48. The topological polar surface area (TPSA) is 56.3 Å². The van der Waals surface area contributed by atoms with E-state index in [1.165, 1.54) is 0 Å². The van der Waals surface area contributed by atoms with Gasteiger partial charge in [0.15, 0.2) is 5.82 Å². The minimum atomic E-state index is 0.342. The second kappa shape index (κ2) is 7.81. The van der Waals surface area contributed by atoms with E-state index in [0.717, 1.165) is 11.4 Å². The maximum atomic E-state index is 5.99. The number of nitrogens with one attached hydrogen (secondary N) is 1. The molecule has 1 heterocycles.